The van der Waals surface area contributed by atoms with Crippen molar-refractivity contribution in [3.63, 3.8) is 0 Å². The van der Waals surface area contributed by atoms with E-state index in [1.54, 1.807) is 14.2 Å². The van der Waals surface area contributed by atoms with E-state index in [9.17, 15) is 5.11 Å². The molecule has 0 aromatic heterocycles. The Morgan fingerprint density at radius 1 is 1.22 bits per heavy atom. The Morgan fingerprint density at radius 3 is 2.39 bits per heavy atom. The third-order valence-corrected chi connectivity index (χ3v) is 4.36. The second-order valence-corrected chi connectivity index (χ2v) is 5.61. The highest BCUT2D eigenvalue weighted by molar-refractivity contribution is 5.77. The lowest BCUT2D eigenvalue weighted by Crippen LogP contribution is -2.42. The van der Waals surface area contributed by atoms with Gasteiger partial charge in [-0.1, -0.05) is 19.9 Å². The molecule has 1 rings (SSSR count). The van der Waals surface area contributed by atoms with E-state index >= 15 is 0 Å². The Morgan fingerprint density at radius 2 is 1.87 bits per heavy atom. The highest BCUT2D eigenvalue weighted by Crippen LogP contribution is 2.27. The molecule has 0 aliphatic heterocycles. The van der Waals surface area contributed by atoms with E-state index in [1.165, 1.54) is 0 Å². The molecule has 6 nitrogen and oxygen atoms in total. The minimum atomic E-state index is -0.149. The van der Waals surface area contributed by atoms with E-state index in [1.807, 2.05) is 18.2 Å². The molecule has 1 aromatic carbocycles. The number of ether oxygens (including phenoxy) is 2. The fraction of sp³-hybridized carbons (Fsp3) is 0.588. The standard InChI is InChI=1S/C17H29N3O3/c1-5-17(6-2,12-21)11-20-16(18)19-10-13-7-8-14(22-3)15(9-13)23-4/h7-9,21H,5-6,10-12H2,1-4H3,(H3,18,19,20). The summed E-state index contributed by atoms with van der Waals surface area (Å²) in [7, 11) is 3.21. The van der Waals surface area contributed by atoms with Gasteiger partial charge in [0.1, 0.15) is 0 Å². The molecule has 0 amide bonds. The summed E-state index contributed by atoms with van der Waals surface area (Å²) in [5, 5.41) is 12.7. The highest BCUT2D eigenvalue weighted by atomic mass is 16.5. The van der Waals surface area contributed by atoms with Gasteiger partial charge in [-0.05, 0) is 30.5 Å². The molecule has 0 saturated heterocycles. The van der Waals surface area contributed by atoms with Crippen molar-refractivity contribution in [2.45, 2.75) is 33.2 Å². The first-order valence-electron chi connectivity index (χ1n) is 7.89. The number of hydrogen-bond donors (Lipinski definition) is 3. The topological polar surface area (TPSA) is 89.1 Å². The van der Waals surface area contributed by atoms with Crippen LogP contribution in [-0.2, 0) is 6.54 Å². The van der Waals surface area contributed by atoms with Gasteiger partial charge < -0.3 is 25.6 Å². The van der Waals surface area contributed by atoms with Crippen LogP contribution in [0.5, 0.6) is 11.5 Å². The van der Waals surface area contributed by atoms with Crippen molar-refractivity contribution in [3.05, 3.63) is 23.8 Å². The fourth-order valence-electron chi connectivity index (χ4n) is 2.27. The SMILES string of the molecule is CCC(CC)(CO)CNC(N)=NCc1ccc(OC)c(OC)c1. The predicted octanol–water partition coefficient (Wildman–Crippen LogP) is 1.91. The summed E-state index contributed by atoms with van der Waals surface area (Å²) in [6, 6.07) is 5.65. The third-order valence-electron chi connectivity index (χ3n) is 4.36. The summed E-state index contributed by atoms with van der Waals surface area (Å²) in [5.41, 5.74) is 6.75. The minimum absolute atomic E-state index is 0.135. The van der Waals surface area contributed by atoms with Crippen molar-refractivity contribution in [2.75, 3.05) is 27.4 Å². The Labute approximate surface area is 138 Å². The van der Waals surface area contributed by atoms with Gasteiger partial charge in [-0.15, -0.1) is 0 Å². The van der Waals surface area contributed by atoms with Crippen LogP contribution < -0.4 is 20.5 Å². The fourth-order valence-corrected chi connectivity index (χ4v) is 2.27. The molecule has 0 radical (unpaired) electrons. The lowest BCUT2D eigenvalue weighted by Gasteiger charge is -2.29. The number of rotatable bonds is 9. The third kappa shape index (κ3) is 5.32. The molecule has 0 fully saturated rings. The van der Waals surface area contributed by atoms with Crippen LogP contribution in [0.2, 0.25) is 0 Å². The maximum atomic E-state index is 9.56. The first-order valence-corrected chi connectivity index (χ1v) is 7.89. The van der Waals surface area contributed by atoms with Crippen LogP contribution >= 0.6 is 0 Å². The van der Waals surface area contributed by atoms with Gasteiger partial charge in [0.15, 0.2) is 17.5 Å². The number of hydrogen-bond acceptors (Lipinski definition) is 4. The van der Waals surface area contributed by atoms with Gasteiger partial charge in [0.25, 0.3) is 0 Å². The molecule has 0 heterocycles. The molecule has 0 unspecified atom stereocenters. The zero-order valence-corrected chi connectivity index (χ0v) is 14.6. The summed E-state index contributed by atoms with van der Waals surface area (Å²) in [4.78, 5) is 4.34. The van der Waals surface area contributed by atoms with Gasteiger partial charge in [0.2, 0.25) is 0 Å². The molecule has 4 N–H and O–H groups in total. The van der Waals surface area contributed by atoms with Crippen LogP contribution in [0, 0.1) is 5.41 Å². The molecule has 6 heteroatoms. The van der Waals surface area contributed by atoms with E-state index in [2.05, 4.69) is 24.2 Å². The van der Waals surface area contributed by atoms with Crippen LogP contribution in [0.15, 0.2) is 23.2 Å². The first-order chi connectivity index (χ1) is 11.0. The van der Waals surface area contributed by atoms with Crippen molar-refractivity contribution in [1.29, 1.82) is 0 Å². The quantitative estimate of drug-likeness (QED) is 0.477. The van der Waals surface area contributed by atoms with Crippen molar-refractivity contribution in [2.24, 2.45) is 16.1 Å². The largest absolute Gasteiger partial charge is 0.493 e. The van der Waals surface area contributed by atoms with Gasteiger partial charge in [-0.2, -0.15) is 0 Å². The van der Waals surface area contributed by atoms with Crippen molar-refractivity contribution in [1.82, 2.24) is 5.32 Å². The van der Waals surface area contributed by atoms with Gasteiger partial charge in [-0.3, -0.25) is 0 Å². The lowest BCUT2D eigenvalue weighted by molar-refractivity contribution is 0.118. The molecule has 0 aliphatic rings. The molecular formula is C17H29N3O3. The minimum Gasteiger partial charge on any atom is -0.493 e. The number of aliphatic hydroxyl groups is 1. The summed E-state index contributed by atoms with van der Waals surface area (Å²) in [6.45, 7) is 5.33. The molecule has 23 heavy (non-hydrogen) atoms. The summed E-state index contributed by atoms with van der Waals surface area (Å²) >= 11 is 0. The molecule has 0 saturated carbocycles. The number of nitrogens with zero attached hydrogens (tertiary/aromatic N) is 1. The molecule has 0 aliphatic carbocycles. The number of nitrogens with one attached hydrogen (secondary N) is 1. The van der Waals surface area contributed by atoms with Crippen molar-refractivity contribution in [3.8, 4) is 11.5 Å². The lowest BCUT2D eigenvalue weighted by atomic mass is 9.83. The number of aliphatic hydroxyl groups excluding tert-OH is 1. The Bertz CT molecular complexity index is 506. The average Bonchev–Trinajstić information content (AvgIpc) is 2.61. The van der Waals surface area contributed by atoms with Gasteiger partial charge >= 0.3 is 0 Å². The van der Waals surface area contributed by atoms with Crippen molar-refractivity contribution >= 4 is 5.96 Å². The number of nitrogens with two attached hydrogens (primary N) is 1. The van der Waals surface area contributed by atoms with E-state index in [-0.39, 0.29) is 12.0 Å². The van der Waals surface area contributed by atoms with E-state index in [0.717, 1.165) is 18.4 Å². The number of aliphatic imine (C=N–C) groups is 1. The maximum absolute atomic E-state index is 9.56. The zero-order chi connectivity index (χ0) is 17.3. The normalized spacial score (nSPS) is 12.1. The molecular weight excluding hydrogens is 294 g/mol. The monoisotopic (exact) mass is 323 g/mol. The smallest absolute Gasteiger partial charge is 0.188 e. The number of benzene rings is 1. The van der Waals surface area contributed by atoms with Crippen LogP contribution in [0.4, 0.5) is 0 Å². The van der Waals surface area contributed by atoms with Gasteiger partial charge in [-0.25, -0.2) is 4.99 Å². The number of methoxy groups -OCH3 is 2. The Hall–Kier alpha value is -1.95. The van der Waals surface area contributed by atoms with Gasteiger partial charge in [0, 0.05) is 12.0 Å². The number of guanidine groups is 1. The van der Waals surface area contributed by atoms with Crippen LogP contribution in [-0.4, -0.2) is 38.4 Å². The van der Waals surface area contributed by atoms with Crippen molar-refractivity contribution < 1.29 is 14.6 Å². The Balaban J connectivity index is 2.66. The van der Waals surface area contributed by atoms with Crippen LogP contribution in [0.25, 0.3) is 0 Å². The zero-order valence-electron chi connectivity index (χ0n) is 14.6. The molecule has 1 aromatic rings. The molecule has 0 bridgehead atoms. The second kappa shape index (κ2) is 9.25. The average molecular weight is 323 g/mol. The molecule has 0 spiro atoms. The van der Waals surface area contributed by atoms with Crippen LogP contribution in [0.3, 0.4) is 0 Å². The summed E-state index contributed by atoms with van der Waals surface area (Å²) < 4.78 is 10.5. The van der Waals surface area contributed by atoms with E-state index in [4.69, 9.17) is 15.2 Å². The highest BCUT2D eigenvalue weighted by Gasteiger charge is 2.25. The van der Waals surface area contributed by atoms with Gasteiger partial charge in [0.05, 0.1) is 27.4 Å². The second-order valence-electron chi connectivity index (χ2n) is 5.61. The predicted molar refractivity (Wildman–Crippen MR) is 93.0 cm³/mol. The maximum Gasteiger partial charge on any atom is 0.188 e. The summed E-state index contributed by atoms with van der Waals surface area (Å²) in [5.74, 6) is 1.73. The Kier molecular flexibility index (Phi) is 7.68. The first kappa shape index (κ1) is 19.1. The molecule has 130 valence electrons. The van der Waals surface area contributed by atoms with E-state index < -0.39 is 0 Å². The van der Waals surface area contributed by atoms with E-state index in [0.29, 0.717) is 30.5 Å². The molecule has 0 atom stereocenters. The summed E-state index contributed by atoms with van der Waals surface area (Å²) in [6.07, 6.45) is 1.77. The van der Waals surface area contributed by atoms with Crippen LogP contribution in [0.1, 0.15) is 32.3 Å².